The number of ether oxygens (including phenoxy) is 2. The van der Waals surface area contributed by atoms with Crippen LogP contribution in [0.5, 0.6) is 5.75 Å². The number of ketones is 1. The van der Waals surface area contributed by atoms with Gasteiger partial charge in [-0.25, -0.2) is 0 Å². The molecular weight excluding hydrogens is 498 g/mol. The van der Waals surface area contributed by atoms with Crippen molar-refractivity contribution < 1.29 is 19.4 Å². The first kappa shape index (κ1) is 33.1. The molecule has 0 aromatic heterocycles. The summed E-state index contributed by atoms with van der Waals surface area (Å²) in [5, 5.41) is 15.1. The first-order valence-corrected chi connectivity index (χ1v) is 15.7. The highest BCUT2D eigenvalue weighted by molar-refractivity contribution is 5.86. The van der Waals surface area contributed by atoms with E-state index in [1.54, 1.807) is 0 Å². The summed E-state index contributed by atoms with van der Waals surface area (Å²) in [6, 6.07) is 4.09. The zero-order valence-corrected chi connectivity index (χ0v) is 27.9. The SMILES string of the molecule is CCC1(CC(=O)C(C)c2cc(C(C)(C)C)c(O)c(C(C)(C)C)c2)COC2(CC(C)(CC)NC(C)(CC)C2C)OC1. The molecule has 1 aromatic rings. The molecule has 5 nitrogen and oxygen atoms in total. The molecule has 0 radical (unpaired) electrons. The van der Waals surface area contributed by atoms with Crippen molar-refractivity contribution in [1.29, 1.82) is 0 Å². The fraction of sp³-hybridized carbons (Fsp3) is 0.800. The first-order valence-electron chi connectivity index (χ1n) is 15.7. The van der Waals surface area contributed by atoms with Gasteiger partial charge in [-0.1, -0.05) is 88.3 Å². The number of Topliss-reactive ketones (excluding diaryl/α,β-unsaturated/α-hetero) is 1. The number of phenols is 1. The van der Waals surface area contributed by atoms with E-state index in [1.165, 1.54) is 0 Å². The summed E-state index contributed by atoms with van der Waals surface area (Å²) in [5.41, 5.74) is 1.78. The molecular formula is C35H59NO4. The molecule has 1 spiro atoms. The summed E-state index contributed by atoms with van der Waals surface area (Å²) in [7, 11) is 0. The molecule has 0 bridgehead atoms. The maximum atomic E-state index is 13.9. The third-order valence-electron chi connectivity index (χ3n) is 10.6. The van der Waals surface area contributed by atoms with Gasteiger partial charge >= 0.3 is 0 Å². The fourth-order valence-electron chi connectivity index (χ4n) is 6.81. The molecule has 2 fully saturated rings. The van der Waals surface area contributed by atoms with Crippen LogP contribution in [0.1, 0.15) is 145 Å². The number of carbonyl (C=O) groups excluding carboxylic acids is 1. The molecule has 0 saturated carbocycles. The van der Waals surface area contributed by atoms with Gasteiger partial charge in [-0.2, -0.15) is 0 Å². The Morgan fingerprint density at radius 2 is 1.48 bits per heavy atom. The Bertz CT molecular complexity index is 1040. The number of hydrogen-bond acceptors (Lipinski definition) is 5. The highest BCUT2D eigenvalue weighted by atomic mass is 16.7. The number of phenolic OH excluding ortho intramolecular Hbond substituents is 1. The van der Waals surface area contributed by atoms with Crippen molar-refractivity contribution in [2.75, 3.05) is 13.2 Å². The van der Waals surface area contributed by atoms with Gasteiger partial charge in [0, 0.05) is 41.2 Å². The number of aromatic hydroxyl groups is 1. The number of benzene rings is 1. The van der Waals surface area contributed by atoms with Crippen molar-refractivity contribution in [2.24, 2.45) is 11.3 Å². The normalized spacial score (nSPS) is 34.2. The Hall–Kier alpha value is -1.43. The molecule has 4 unspecified atom stereocenters. The van der Waals surface area contributed by atoms with E-state index in [0.29, 0.717) is 25.4 Å². The first-order chi connectivity index (χ1) is 18.2. The van der Waals surface area contributed by atoms with Crippen LogP contribution in [0, 0.1) is 11.3 Å². The lowest BCUT2D eigenvalue weighted by Gasteiger charge is -2.61. The fourth-order valence-corrected chi connectivity index (χ4v) is 6.81. The van der Waals surface area contributed by atoms with Crippen LogP contribution >= 0.6 is 0 Å². The molecule has 5 heteroatoms. The molecule has 0 aliphatic carbocycles. The Morgan fingerprint density at radius 3 is 1.88 bits per heavy atom. The second-order valence-corrected chi connectivity index (χ2v) is 15.8. The summed E-state index contributed by atoms with van der Waals surface area (Å²) in [4.78, 5) is 13.9. The number of carbonyl (C=O) groups is 1. The average molecular weight is 558 g/mol. The van der Waals surface area contributed by atoms with E-state index in [0.717, 1.165) is 42.4 Å². The number of rotatable bonds is 7. The van der Waals surface area contributed by atoms with Gasteiger partial charge < -0.3 is 19.9 Å². The van der Waals surface area contributed by atoms with Crippen molar-refractivity contribution in [2.45, 2.75) is 156 Å². The quantitative estimate of drug-likeness (QED) is 0.354. The van der Waals surface area contributed by atoms with Crippen LogP contribution < -0.4 is 5.32 Å². The van der Waals surface area contributed by atoms with E-state index in [9.17, 15) is 9.90 Å². The Kier molecular flexibility index (Phi) is 9.10. The van der Waals surface area contributed by atoms with Crippen molar-refractivity contribution in [1.82, 2.24) is 5.32 Å². The molecule has 2 saturated heterocycles. The summed E-state index contributed by atoms with van der Waals surface area (Å²) in [5.74, 6) is -0.203. The smallest absolute Gasteiger partial charge is 0.174 e. The summed E-state index contributed by atoms with van der Waals surface area (Å²) in [6.45, 7) is 29.2. The van der Waals surface area contributed by atoms with Crippen LogP contribution in [0.25, 0.3) is 0 Å². The molecule has 2 heterocycles. The Balaban J connectivity index is 1.87. The lowest BCUT2D eigenvalue weighted by atomic mass is 9.67. The summed E-state index contributed by atoms with van der Waals surface area (Å²) < 4.78 is 13.6. The molecule has 40 heavy (non-hydrogen) atoms. The van der Waals surface area contributed by atoms with Gasteiger partial charge in [-0.15, -0.1) is 0 Å². The minimum atomic E-state index is -0.645. The van der Waals surface area contributed by atoms with Gasteiger partial charge in [0.15, 0.2) is 5.79 Å². The van der Waals surface area contributed by atoms with E-state index in [2.05, 4.69) is 88.4 Å². The van der Waals surface area contributed by atoms with Crippen molar-refractivity contribution in [3.8, 4) is 5.75 Å². The Morgan fingerprint density at radius 1 is 0.975 bits per heavy atom. The topological polar surface area (TPSA) is 67.8 Å². The third kappa shape index (κ3) is 6.17. The van der Waals surface area contributed by atoms with Crippen molar-refractivity contribution in [3.63, 3.8) is 0 Å². The third-order valence-corrected chi connectivity index (χ3v) is 10.6. The number of nitrogens with one attached hydrogen (secondary N) is 1. The second kappa shape index (κ2) is 11.0. The van der Waals surface area contributed by atoms with Gasteiger partial charge in [0.25, 0.3) is 0 Å². The van der Waals surface area contributed by atoms with E-state index in [4.69, 9.17) is 9.47 Å². The average Bonchev–Trinajstić information content (AvgIpc) is 2.87. The second-order valence-electron chi connectivity index (χ2n) is 15.8. The molecule has 2 N–H and O–H groups in total. The van der Waals surface area contributed by atoms with Crippen molar-refractivity contribution in [3.05, 3.63) is 28.8 Å². The Labute approximate surface area is 245 Å². The predicted octanol–water partition coefficient (Wildman–Crippen LogP) is 8.16. The van der Waals surface area contributed by atoms with Gasteiger partial charge in [0.05, 0.1) is 13.2 Å². The van der Waals surface area contributed by atoms with Gasteiger partial charge in [0.1, 0.15) is 11.5 Å². The minimum Gasteiger partial charge on any atom is -0.507 e. The molecule has 2 aliphatic heterocycles. The standard InChI is InChI=1S/C35H59NO4/c1-14-32(12)20-35(24(5)33(13,15-2)36-32)39-21-34(16-3,22-40-35)19-28(37)23(4)25-17-26(30(6,7)8)29(38)27(18-25)31(9,10)11/h17-18,23-24,36,38H,14-16,19-22H2,1-13H3. The molecule has 228 valence electrons. The largest absolute Gasteiger partial charge is 0.507 e. The highest BCUT2D eigenvalue weighted by Crippen LogP contribution is 2.51. The van der Waals surface area contributed by atoms with E-state index < -0.39 is 5.79 Å². The van der Waals surface area contributed by atoms with Crippen LogP contribution in [-0.4, -0.2) is 41.0 Å². The van der Waals surface area contributed by atoms with E-state index in [-0.39, 0.29) is 44.9 Å². The molecule has 4 atom stereocenters. The van der Waals surface area contributed by atoms with Gasteiger partial charge in [-0.05, 0) is 60.6 Å². The van der Waals surface area contributed by atoms with Crippen LogP contribution in [0.15, 0.2) is 12.1 Å². The molecule has 0 amide bonds. The van der Waals surface area contributed by atoms with E-state index >= 15 is 0 Å². The van der Waals surface area contributed by atoms with Crippen LogP contribution in [0.3, 0.4) is 0 Å². The zero-order valence-electron chi connectivity index (χ0n) is 27.9. The summed E-state index contributed by atoms with van der Waals surface area (Å²) in [6.07, 6.45) is 4.03. The van der Waals surface area contributed by atoms with Crippen molar-refractivity contribution >= 4 is 5.78 Å². The van der Waals surface area contributed by atoms with Crippen LogP contribution in [-0.2, 0) is 25.1 Å². The molecule has 1 aromatic carbocycles. The number of piperidine rings is 1. The number of hydrogen-bond donors (Lipinski definition) is 2. The monoisotopic (exact) mass is 557 g/mol. The predicted molar refractivity (Wildman–Crippen MR) is 165 cm³/mol. The summed E-state index contributed by atoms with van der Waals surface area (Å²) >= 11 is 0. The zero-order chi connectivity index (χ0) is 30.5. The maximum absolute atomic E-state index is 13.9. The van der Waals surface area contributed by atoms with E-state index in [1.807, 2.05) is 19.1 Å². The van der Waals surface area contributed by atoms with Gasteiger partial charge in [0.2, 0.25) is 0 Å². The van der Waals surface area contributed by atoms with Gasteiger partial charge in [-0.3, -0.25) is 4.79 Å². The van der Waals surface area contributed by atoms with Crippen LogP contribution in [0.4, 0.5) is 0 Å². The highest BCUT2D eigenvalue weighted by Gasteiger charge is 2.59. The lowest BCUT2D eigenvalue weighted by molar-refractivity contribution is -0.352. The minimum absolute atomic E-state index is 0.0673. The lowest BCUT2D eigenvalue weighted by Crippen LogP contribution is -2.73. The maximum Gasteiger partial charge on any atom is 0.174 e. The molecule has 3 rings (SSSR count). The van der Waals surface area contributed by atoms with Crippen LogP contribution in [0.2, 0.25) is 0 Å². The molecule has 2 aliphatic rings.